The highest BCUT2D eigenvalue weighted by Crippen LogP contribution is 2.27. The zero-order valence-electron chi connectivity index (χ0n) is 18.1. The minimum Gasteiger partial charge on any atom is -0.349 e. The fraction of sp³-hybridized carbons (Fsp3) is 0.440. The third-order valence-electron chi connectivity index (χ3n) is 6.48. The summed E-state index contributed by atoms with van der Waals surface area (Å²) in [5.41, 5.74) is 4.40. The number of benzene rings is 2. The van der Waals surface area contributed by atoms with Crippen LogP contribution in [0.25, 0.3) is 11.1 Å². The number of amides is 2. The molecule has 2 aliphatic heterocycles. The average molecular weight is 424 g/mol. The number of hydrogen-bond donors (Lipinski definition) is 1. The number of hydrogen-bond acceptors (Lipinski definition) is 3. The third-order valence-corrected chi connectivity index (χ3v) is 6.48. The quantitative estimate of drug-likeness (QED) is 0.741. The summed E-state index contributed by atoms with van der Waals surface area (Å²) in [7, 11) is 0. The second-order valence-corrected chi connectivity index (χ2v) is 8.46. The second-order valence-electron chi connectivity index (χ2n) is 8.46. The van der Waals surface area contributed by atoms with Gasteiger partial charge in [-0.05, 0) is 67.6 Å². The van der Waals surface area contributed by atoms with Crippen LogP contribution in [0.15, 0.2) is 42.5 Å². The first-order valence-corrected chi connectivity index (χ1v) is 11.2. The van der Waals surface area contributed by atoms with Crippen molar-refractivity contribution >= 4 is 11.8 Å². The molecular weight excluding hydrogens is 393 g/mol. The van der Waals surface area contributed by atoms with Gasteiger partial charge < -0.3 is 10.2 Å². The van der Waals surface area contributed by atoms with Crippen molar-refractivity contribution in [3.05, 3.63) is 59.2 Å². The minimum absolute atomic E-state index is 0.0213. The van der Waals surface area contributed by atoms with Crippen molar-refractivity contribution in [2.45, 2.75) is 32.2 Å². The van der Waals surface area contributed by atoms with Gasteiger partial charge in [0.05, 0.1) is 0 Å². The highest BCUT2D eigenvalue weighted by molar-refractivity contribution is 5.97. The Morgan fingerprint density at radius 1 is 1.10 bits per heavy atom. The van der Waals surface area contributed by atoms with Crippen molar-refractivity contribution in [3.63, 3.8) is 0 Å². The Bertz CT molecular complexity index is 944. The molecule has 0 radical (unpaired) electrons. The van der Waals surface area contributed by atoms with Gasteiger partial charge in [0.2, 0.25) is 0 Å². The number of nitrogens with zero attached hydrogens (tertiary/aromatic N) is 2. The summed E-state index contributed by atoms with van der Waals surface area (Å²) >= 11 is 0. The highest BCUT2D eigenvalue weighted by Gasteiger charge is 2.26. The number of halogens is 1. The molecule has 5 nitrogen and oxygen atoms in total. The first-order valence-electron chi connectivity index (χ1n) is 11.2. The lowest BCUT2D eigenvalue weighted by Gasteiger charge is -2.31. The summed E-state index contributed by atoms with van der Waals surface area (Å²) in [6.07, 6.45) is 3.36. The van der Waals surface area contributed by atoms with E-state index in [1.165, 1.54) is 12.8 Å². The molecule has 0 aromatic heterocycles. The van der Waals surface area contributed by atoms with Crippen LogP contribution in [0.3, 0.4) is 0 Å². The Morgan fingerprint density at radius 3 is 2.58 bits per heavy atom. The fourth-order valence-electron chi connectivity index (χ4n) is 4.58. The summed E-state index contributed by atoms with van der Waals surface area (Å²) in [5, 5.41) is 2.53. The van der Waals surface area contributed by atoms with Crippen LogP contribution >= 0.6 is 0 Å². The van der Waals surface area contributed by atoms with E-state index >= 15 is 0 Å². The molecule has 1 saturated heterocycles. The van der Waals surface area contributed by atoms with Crippen LogP contribution in [-0.4, -0.2) is 67.1 Å². The first kappa shape index (κ1) is 21.5. The Labute approximate surface area is 183 Å². The maximum atomic E-state index is 13.0. The second kappa shape index (κ2) is 9.60. The largest absolute Gasteiger partial charge is 0.349 e. The molecule has 6 heteroatoms. The Hall–Kier alpha value is -2.73. The smallest absolute Gasteiger partial charge is 0.254 e. The topological polar surface area (TPSA) is 52.6 Å². The zero-order chi connectivity index (χ0) is 21.8. The van der Waals surface area contributed by atoms with E-state index in [2.05, 4.69) is 23.2 Å². The average Bonchev–Trinajstić information content (AvgIpc) is 3.21. The number of carbonyl (C=O) groups excluding carboxylic acids is 2. The summed E-state index contributed by atoms with van der Waals surface area (Å²) < 4.78 is 12.2. The molecule has 1 unspecified atom stereocenters. The molecule has 164 valence electrons. The number of fused-ring (bicyclic) bond motifs is 1. The van der Waals surface area contributed by atoms with Gasteiger partial charge in [0.1, 0.15) is 6.67 Å². The Kier molecular flexibility index (Phi) is 6.66. The van der Waals surface area contributed by atoms with E-state index < -0.39 is 6.67 Å². The van der Waals surface area contributed by atoms with Gasteiger partial charge in [0.25, 0.3) is 11.8 Å². The van der Waals surface area contributed by atoms with E-state index in [4.69, 9.17) is 0 Å². The highest BCUT2D eigenvalue weighted by atomic mass is 19.1. The van der Waals surface area contributed by atoms with Gasteiger partial charge in [0, 0.05) is 43.3 Å². The summed E-state index contributed by atoms with van der Waals surface area (Å²) in [6, 6.07) is 13.9. The van der Waals surface area contributed by atoms with Crippen molar-refractivity contribution in [3.8, 4) is 11.1 Å². The molecule has 0 bridgehead atoms. The maximum absolute atomic E-state index is 13.0. The molecule has 0 aliphatic carbocycles. The van der Waals surface area contributed by atoms with Gasteiger partial charge in [-0.25, -0.2) is 4.39 Å². The molecule has 2 aliphatic rings. The minimum atomic E-state index is -0.577. The number of alkyl halides is 1. The van der Waals surface area contributed by atoms with Gasteiger partial charge in [-0.15, -0.1) is 0 Å². The molecule has 1 N–H and O–H groups in total. The van der Waals surface area contributed by atoms with Crippen molar-refractivity contribution in [2.24, 2.45) is 0 Å². The number of nitrogens with one attached hydrogen (secondary N) is 1. The number of carbonyl (C=O) groups is 2. The van der Waals surface area contributed by atoms with Crippen LogP contribution in [0, 0.1) is 0 Å². The molecule has 2 aromatic rings. The van der Waals surface area contributed by atoms with Gasteiger partial charge in [0.15, 0.2) is 0 Å². The van der Waals surface area contributed by atoms with E-state index in [9.17, 15) is 14.0 Å². The molecular formula is C25H30FN3O2. The van der Waals surface area contributed by atoms with Gasteiger partial charge in [-0.1, -0.05) is 24.3 Å². The van der Waals surface area contributed by atoms with E-state index in [1.54, 1.807) is 12.1 Å². The Balaban J connectivity index is 1.42. The van der Waals surface area contributed by atoms with E-state index in [1.807, 2.05) is 29.2 Å². The molecule has 1 atom stereocenters. The maximum Gasteiger partial charge on any atom is 0.254 e. The molecule has 0 spiro atoms. The van der Waals surface area contributed by atoms with Crippen LogP contribution in [-0.2, 0) is 6.42 Å². The Morgan fingerprint density at radius 2 is 1.87 bits per heavy atom. The van der Waals surface area contributed by atoms with Crippen LogP contribution in [0.4, 0.5) is 4.39 Å². The van der Waals surface area contributed by atoms with E-state index in [0.29, 0.717) is 11.6 Å². The number of likely N-dealkylation sites (tertiary alicyclic amines) is 1. The summed E-state index contributed by atoms with van der Waals surface area (Å²) in [4.78, 5) is 29.4. The van der Waals surface area contributed by atoms with Crippen molar-refractivity contribution in [1.82, 2.24) is 15.1 Å². The standard InChI is InChI=1S/C25H30FN3O2/c1-18-3-2-13-28(18)15-16-29-14-10-22-17-21(8-9-23(22)25(29)31)19-4-6-20(7-5-19)24(30)27-12-11-26/h4-9,17-18H,2-3,10-16H2,1H3,(H,27,30). The van der Waals surface area contributed by atoms with Crippen molar-refractivity contribution in [2.75, 3.05) is 39.4 Å². The van der Waals surface area contributed by atoms with Crippen molar-refractivity contribution in [1.29, 1.82) is 0 Å². The SMILES string of the molecule is CC1CCCN1CCN1CCc2cc(-c3ccc(C(=O)NCCF)cc3)ccc2C1=O. The third kappa shape index (κ3) is 4.79. The van der Waals surface area contributed by atoms with Crippen LogP contribution < -0.4 is 5.32 Å². The van der Waals surface area contributed by atoms with E-state index in [0.717, 1.165) is 54.9 Å². The lowest BCUT2D eigenvalue weighted by molar-refractivity contribution is 0.0716. The zero-order valence-corrected chi connectivity index (χ0v) is 18.1. The van der Waals surface area contributed by atoms with Gasteiger partial charge >= 0.3 is 0 Å². The monoisotopic (exact) mass is 423 g/mol. The van der Waals surface area contributed by atoms with E-state index in [-0.39, 0.29) is 18.4 Å². The van der Waals surface area contributed by atoms with Crippen LogP contribution in [0.5, 0.6) is 0 Å². The molecule has 4 rings (SSSR count). The predicted molar refractivity (Wildman–Crippen MR) is 120 cm³/mol. The molecule has 2 amide bonds. The molecule has 31 heavy (non-hydrogen) atoms. The summed E-state index contributed by atoms with van der Waals surface area (Å²) in [5.74, 6) is -0.150. The molecule has 0 saturated carbocycles. The normalized spacial score (nSPS) is 18.8. The lowest BCUT2D eigenvalue weighted by atomic mass is 9.93. The molecule has 2 aromatic carbocycles. The lowest BCUT2D eigenvalue weighted by Crippen LogP contribution is -2.43. The van der Waals surface area contributed by atoms with Crippen LogP contribution in [0.1, 0.15) is 46.0 Å². The summed E-state index contributed by atoms with van der Waals surface area (Å²) in [6.45, 7) is 5.34. The fourth-order valence-corrected chi connectivity index (χ4v) is 4.58. The van der Waals surface area contributed by atoms with Gasteiger partial charge in [-0.2, -0.15) is 0 Å². The molecule has 1 fully saturated rings. The number of rotatable bonds is 7. The molecule has 2 heterocycles. The predicted octanol–water partition coefficient (Wildman–Crippen LogP) is 3.54. The van der Waals surface area contributed by atoms with Crippen molar-refractivity contribution < 1.29 is 14.0 Å². The van der Waals surface area contributed by atoms with Gasteiger partial charge in [-0.3, -0.25) is 14.5 Å². The van der Waals surface area contributed by atoms with Crippen LogP contribution in [0.2, 0.25) is 0 Å². The first-order chi connectivity index (χ1) is 15.1.